The summed E-state index contributed by atoms with van der Waals surface area (Å²) in [5.41, 5.74) is -3.49. The van der Waals surface area contributed by atoms with Crippen molar-refractivity contribution >= 4 is 5.91 Å². The van der Waals surface area contributed by atoms with Gasteiger partial charge in [0.15, 0.2) is 0 Å². The summed E-state index contributed by atoms with van der Waals surface area (Å²) in [6.45, 7) is 1.47. The summed E-state index contributed by atoms with van der Waals surface area (Å²) in [4.78, 5) is 13.2. The molecule has 1 heterocycles. The molecule has 136 valence electrons. The van der Waals surface area contributed by atoms with Gasteiger partial charge in [0.25, 0.3) is 5.91 Å². The Morgan fingerprint density at radius 1 is 1.04 bits per heavy atom. The Kier molecular flexibility index (Phi) is 4.83. The van der Waals surface area contributed by atoms with Crippen LogP contribution in [0.25, 0.3) is 0 Å². The highest BCUT2D eigenvalue weighted by Gasteiger charge is 2.37. The lowest BCUT2D eigenvalue weighted by Gasteiger charge is -2.18. The first kappa shape index (κ1) is 18.8. The van der Waals surface area contributed by atoms with Crippen molar-refractivity contribution in [3.8, 4) is 0 Å². The van der Waals surface area contributed by atoms with Gasteiger partial charge in [-0.05, 0) is 25.1 Å². The minimum atomic E-state index is -5.02. The lowest BCUT2D eigenvalue weighted by atomic mass is 10.0. The SMILES string of the molecule is Cc1cc(CN(C)C(=O)c2cc(C(F)(F)F)cc(C(F)(F)F)c2)no1. The highest BCUT2D eigenvalue weighted by atomic mass is 19.4. The Hall–Kier alpha value is -2.52. The van der Waals surface area contributed by atoms with Crippen molar-refractivity contribution in [3.05, 3.63) is 52.4 Å². The fraction of sp³-hybridized carbons (Fsp3) is 0.333. The Labute approximate surface area is 138 Å². The number of rotatable bonds is 3. The molecule has 10 heteroatoms. The fourth-order valence-corrected chi connectivity index (χ4v) is 2.11. The van der Waals surface area contributed by atoms with Gasteiger partial charge < -0.3 is 9.42 Å². The number of carbonyl (C=O) groups excluding carboxylic acids is 1. The highest BCUT2D eigenvalue weighted by Crippen LogP contribution is 2.36. The molecule has 0 aliphatic carbocycles. The lowest BCUT2D eigenvalue weighted by molar-refractivity contribution is -0.143. The Bertz CT molecular complexity index is 747. The summed E-state index contributed by atoms with van der Waals surface area (Å²) in [7, 11) is 1.24. The summed E-state index contributed by atoms with van der Waals surface area (Å²) in [5.74, 6) is -0.550. The monoisotopic (exact) mass is 366 g/mol. The molecule has 0 saturated heterocycles. The molecule has 25 heavy (non-hydrogen) atoms. The van der Waals surface area contributed by atoms with Crippen molar-refractivity contribution in [2.75, 3.05) is 7.05 Å². The molecule has 1 amide bonds. The molecule has 2 rings (SSSR count). The number of aromatic nitrogens is 1. The maximum Gasteiger partial charge on any atom is 0.416 e. The third-order valence-electron chi connectivity index (χ3n) is 3.26. The van der Waals surface area contributed by atoms with Crippen LogP contribution in [0.2, 0.25) is 0 Å². The summed E-state index contributed by atoms with van der Waals surface area (Å²) in [6.07, 6.45) is -10.0. The Morgan fingerprint density at radius 2 is 1.56 bits per heavy atom. The molecule has 0 N–H and O–H groups in total. The van der Waals surface area contributed by atoms with Crippen molar-refractivity contribution in [1.29, 1.82) is 0 Å². The minimum Gasteiger partial charge on any atom is -0.361 e. The zero-order valence-corrected chi connectivity index (χ0v) is 13.0. The first-order valence-electron chi connectivity index (χ1n) is 6.85. The van der Waals surface area contributed by atoms with Gasteiger partial charge in [0.2, 0.25) is 0 Å². The van der Waals surface area contributed by atoms with Crippen molar-refractivity contribution in [3.63, 3.8) is 0 Å². The lowest BCUT2D eigenvalue weighted by Crippen LogP contribution is -2.27. The minimum absolute atomic E-state index is 0.0300. The average molecular weight is 366 g/mol. The van der Waals surface area contributed by atoms with E-state index in [2.05, 4.69) is 5.16 Å². The van der Waals surface area contributed by atoms with E-state index in [9.17, 15) is 31.1 Å². The maximum absolute atomic E-state index is 12.8. The van der Waals surface area contributed by atoms with Gasteiger partial charge in [0.1, 0.15) is 11.5 Å². The first-order valence-corrected chi connectivity index (χ1v) is 6.85. The zero-order chi connectivity index (χ0) is 19.0. The van der Waals surface area contributed by atoms with Crippen LogP contribution in [0.15, 0.2) is 28.8 Å². The van der Waals surface area contributed by atoms with Gasteiger partial charge in [-0.25, -0.2) is 0 Å². The zero-order valence-electron chi connectivity index (χ0n) is 13.0. The molecule has 0 aliphatic rings. The van der Waals surface area contributed by atoms with Crippen molar-refractivity contribution in [1.82, 2.24) is 10.1 Å². The van der Waals surface area contributed by atoms with Crippen LogP contribution < -0.4 is 0 Å². The van der Waals surface area contributed by atoms with Crippen LogP contribution in [0, 0.1) is 6.92 Å². The van der Waals surface area contributed by atoms with Crippen LogP contribution in [0.4, 0.5) is 26.3 Å². The number of hydrogen-bond acceptors (Lipinski definition) is 3. The number of halogens is 6. The standard InChI is InChI=1S/C15H12F6N2O2/c1-8-3-12(22-25-8)7-23(2)13(24)9-4-10(14(16,17)18)6-11(5-9)15(19,20)21/h3-6H,7H2,1-2H3. The molecule has 0 saturated carbocycles. The molecule has 1 aromatic carbocycles. The number of aryl methyl sites for hydroxylation is 1. The van der Waals surface area contributed by atoms with Crippen LogP contribution in [0.5, 0.6) is 0 Å². The predicted octanol–water partition coefficient (Wildman–Crippen LogP) is 4.29. The second-order valence-electron chi connectivity index (χ2n) is 5.38. The van der Waals surface area contributed by atoms with E-state index >= 15 is 0 Å². The van der Waals surface area contributed by atoms with E-state index in [0.29, 0.717) is 23.6 Å². The third-order valence-corrected chi connectivity index (χ3v) is 3.26. The number of alkyl halides is 6. The molecule has 0 aliphatic heterocycles. The predicted molar refractivity (Wildman–Crippen MR) is 73.5 cm³/mol. The fourth-order valence-electron chi connectivity index (χ4n) is 2.11. The van der Waals surface area contributed by atoms with E-state index in [1.807, 2.05) is 0 Å². The molecule has 0 bridgehead atoms. The van der Waals surface area contributed by atoms with Crippen LogP contribution >= 0.6 is 0 Å². The second-order valence-corrected chi connectivity index (χ2v) is 5.38. The maximum atomic E-state index is 12.8. The Morgan fingerprint density at radius 3 is 1.96 bits per heavy atom. The largest absolute Gasteiger partial charge is 0.416 e. The van der Waals surface area contributed by atoms with E-state index < -0.39 is 35.0 Å². The van der Waals surface area contributed by atoms with E-state index in [0.717, 1.165) is 4.90 Å². The van der Waals surface area contributed by atoms with E-state index in [-0.39, 0.29) is 12.6 Å². The van der Waals surface area contributed by atoms with Gasteiger partial charge in [-0.3, -0.25) is 4.79 Å². The van der Waals surface area contributed by atoms with Gasteiger partial charge in [-0.2, -0.15) is 26.3 Å². The van der Waals surface area contributed by atoms with Crippen molar-refractivity contribution in [2.24, 2.45) is 0 Å². The summed E-state index contributed by atoms with van der Waals surface area (Å²) in [5, 5.41) is 3.62. The molecule has 0 spiro atoms. The van der Waals surface area contributed by atoms with Crippen LogP contribution in [-0.4, -0.2) is 23.0 Å². The second kappa shape index (κ2) is 6.41. The van der Waals surface area contributed by atoms with Gasteiger partial charge in [-0.1, -0.05) is 5.16 Å². The number of benzene rings is 1. The van der Waals surface area contributed by atoms with Crippen LogP contribution in [0.1, 0.15) is 32.9 Å². The van der Waals surface area contributed by atoms with Gasteiger partial charge in [0.05, 0.1) is 17.7 Å². The summed E-state index contributed by atoms with van der Waals surface area (Å²) in [6, 6.07) is 2.25. The molecule has 0 atom stereocenters. The number of hydrogen-bond donors (Lipinski definition) is 0. The third kappa shape index (κ3) is 4.52. The number of nitrogens with zero attached hydrogens (tertiary/aromatic N) is 2. The Balaban J connectivity index is 2.37. The smallest absolute Gasteiger partial charge is 0.361 e. The molecular formula is C15H12F6N2O2. The molecule has 4 nitrogen and oxygen atoms in total. The molecule has 0 radical (unpaired) electrons. The van der Waals surface area contributed by atoms with Gasteiger partial charge >= 0.3 is 12.4 Å². The van der Waals surface area contributed by atoms with Crippen LogP contribution in [0.3, 0.4) is 0 Å². The summed E-state index contributed by atoms with van der Waals surface area (Å²) >= 11 is 0. The highest BCUT2D eigenvalue weighted by molar-refractivity contribution is 5.94. The molecule has 0 fully saturated rings. The van der Waals surface area contributed by atoms with Gasteiger partial charge in [-0.15, -0.1) is 0 Å². The van der Waals surface area contributed by atoms with Gasteiger partial charge in [0, 0.05) is 18.7 Å². The van der Waals surface area contributed by atoms with E-state index in [1.165, 1.54) is 13.1 Å². The van der Waals surface area contributed by atoms with Crippen molar-refractivity contribution < 1.29 is 35.7 Å². The molecule has 0 unspecified atom stereocenters. The molecule has 2 aromatic rings. The first-order chi connectivity index (χ1) is 11.4. The van der Waals surface area contributed by atoms with Crippen molar-refractivity contribution in [2.45, 2.75) is 25.8 Å². The normalized spacial score (nSPS) is 12.3. The van der Waals surface area contributed by atoms with Crippen LogP contribution in [-0.2, 0) is 18.9 Å². The average Bonchev–Trinajstić information content (AvgIpc) is 2.89. The molecular weight excluding hydrogens is 354 g/mol. The summed E-state index contributed by atoms with van der Waals surface area (Å²) < 4.78 is 81.8. The quantitative estimate of drug-likeness (QED) is 0.762. The topological polar surface area (TPSA) is 46.3 Å². The number of carbonyl (C=O) groups is 1. The number of amides is 1. The van der Waals surface area contributed by atoms with E-state index in [1.54, 1.807) is 6.92 Å². The van der Waals surface area contributed by atoms with E-state index in [4.69, 9.17) is 4.52 Å². The molecule has 1 aromatic heterocycles.